The number of carbonyl (C=O) groups is 2. The number of hydrogen-bond donors (Lipinski definition) is 3. The lowest BCUT2D eigenvalue weighted by Gasteiger charge is -2.43. The molecule has 7 nitrogen and oxygen atoms in total. The Balaban J connectivity index is 1.23. The van der Waals surface area contributed by atoms with Gasteiger partial charge in [0.2, 0.25) is 11.8 Å². The van der Waals surface area contributed by atoms with Crippen LogP contribution in [0.1, 0.15) is 57.9 Å². The molecule has 45 heavy (non-hydrogen) atoms. The highest BCUT2D eigenvalue weighted by Crippen LogP contribution is 2.52. The molecule has 2 amide bonds. The van der Waals surface area contributed by atoms with Gasteiger partial charge in [-0.1, -0.05) is 67.8 Å². The third-order valence-electron chi connectivity index (χ3n) is 9.46. The van der Waals surface area contributed by atoms with Crippen LogP contribution in [0.3, 0.4) is 0 Å². The van der Waals surface area contributed by atoms with Crippen LogP contribution in [0.5, 0.6) is 5.75 Å². The summed E-state index contributed by atoms with van der Waals surface area (Å²) >= 11 is 0. The normalized spacial score (nSPS) is 23.3. The minimum Gasteiger partial charge on any atom is -0.508 e. The highest BCUT2D eigenvalue weighted by molar-refractivity contribution is 6.43. The number of phenols is 1. The molecule has 3 aromatic rings. The van der Waals surface area contributed by atoms with E-state index < -0.39 is 19.0 Å². The molecule has 0 saturated carbocycles. The first-order chi connectivity index (χ1) is 21.9. The number of nitrogens with one attached hydrogen (secondary N) is 1. The van der Waals surface area contributed by atoms with Crippen LogP contribution >= 0.6 is 0 Å². The lowest BCUT2D eigenvalue weighted by Crippen LogP contribution is -2.46. The first kappa shape index (κ1) is 30.9. The molecule has 0 radical (unpaired) electrons. The number of phenolic OH excluding ortho intramolecular Hbond substituents is 1. The van der Waals surface area contributed by atoms with Gasteiger partial charge in [0.15, 0.2) is 0 Å². The third-order valence-corrected chi connectivity index (χ3v) is 9.46. The zero-order chi connectivity index (χ0) is 31.5. The zero-order valence-electron chi connectivity index (χ0n) is 26.0. The Morgan fingerprint density at radius 2 is 1.71 bits per heavy atom. The summed E-state index contributed by atoms with van der Waals surface area (Å²) in [6, 6.07) is 24.5. The highest BCUT2D eigenvalue weighted by atomic mass is 16.5. The largest absolute Gasteiger partial charge is 0.508 e. The minimum atomic E-state index is -0.995. The molecule has 3 aromatic carbocycles. The molecular weight excluding hydrogens is 563 g/mol. The van der Waals surface area contributed by atoms with E-state index in [-0.39, 0.29) is 29.6 Å². The van der Waals surface area contributed by atoms with Crippen LogP contribution in [-0.2, 0) is 14.2 Å². The van der Waals surface area contributed by atoms with Crippen LogP contribution in [0, 0.1) is 17.8 Å². The summed E-state index contributed by atoms with van der Waals surface area (Å²) in [5, 5.41) is 24.2. The Morgan fingerprint density at radius 3 is 2.42 bits per heavy atom. The number of carbonyl (C=O) groups excluding carboxylic acids is 2. The fraction of sp³-hybridized carbons (Fsp3) is 0.351. The van der Waals surface area contributed by atoms with Crippen LogP contribution in [0.2, 0.25) is 6.32 Å². The number of nitrogens with zero attached hydrogens (tertiary/aromatic N) is 1. The number of fused-ring (bicyclic) bond motifs is 3. The average Bonchev–Trinajstić information content (AvgIpc) is 3.29. The van der Waals surface area contributed by atoms with Crippen molar-refractivity contribution in [3.63, 3.8) is 0 Å². The fourth-order valence-electron chi connectivity index (χ4n) is 7.50. The number of benzene rings is 3. The highest BCUT2D eigenvalue weighted by Gasteiger charge is 2.57. The molecule has 3 N–H and O–H groups in total. The molecule has 0 aromatic heterocycles. The number of amides is 2. The minimum absolute atomic E-state index is 0.157. The van der Waals surface area contributed by atoms with E-state index in [4.69, 9.17) is 4.65 Å². The van der Waals surface area contributed by atoms with Crippen molar-refractivity contribution in [3.05, 3.63) is 101 Å². The third kappa shape index (κ3) is 6.49. The average molecular weight is 605 g/mol. The summed E-state index contributed by atoms with van der Waals surface area (Å²) in [6.07, 6.45) is 6.78. The van der Waals surface area contributed by atoms with Crippen molar-refractivity contribution in [2.24, 2.45) is 17.8 Å². The van der Waals surface area contributed by atoms with Gasteiger partial charge in [-0.2, -0.15) is 0 Å². The van der Waals surface area contributed by atoms with Gasteiger partial charge in [0, 0.05) is 11.4 Å². The molecule has 6 rings (SSSR count). The second kappa shape index (κ2) is 13.5. The van der Waals surface area contributed by atoms with Gasteiger partial charge in [-0.15, -0.1) is 0 Å². The summed E-state index contributed by atoms with van der Waals surface area (Å²) in [4.78, 5) is 29.3. The predicted molar refractivity (Wildman–Crippen MR) is 179 cm³/mol. The van der Waals surface area contributed by atoms with Crippen molar-refractivity contribution >= 4 is 42.1 Å². The van der Waals surface area contributed by atoms with E-state index in [1.54, 1.807) is 12.1 Å². The molecule has 232 valence electrons. The van der Waals surface area contributed by atoms with Crippen molar-refractivity contribution in [2.45, 2.75) is 64.8 Å². The maximum atomic E-state index is 14.1. The topological polar surface area (TPSA) is 99.1 Å². The molecule has 2 saturated heterocycles. The first-order valence-electron chi connectivity index (χ1n) is 16.2. The maximum absolute atomic E-state index is 14.1. The van der Waals surface area contributed by atoms with Gasteiger partial charge in [-0.25, -0.2) is 0 Å². The Kier molecular flexibility index (Phi) is 9.24. The predicted octanol–water partition coefficient (Wildman–Crippen LogP) is 7.51. The van der Waals surface area contributed by atoms with E-state index in [0.717, 1.165) is 48.2 Å². The lowest BCUT2D eigenvalue weighted by molar-refractivity contribution is -0.122. The number of anilines is 3. The smallest absolute Gasteiger partial charge is 0.455 e. The Bertz CT molecular complexity index is 1600. The summed E-state index contributed by atoms with van der Waals surface area (Å²) in [7, 11) is -0.995. The van der Waals surface area contributed by atoms with Crippen molar-refractivity contribution in [2.75, 3.05) is 10.2 Å². The van der Waals surface area contributed by atoms with E-state index in [1.807, 2.05) is 66.7 Å². The van der Waals surface area contributed by atoms with Crippen LogP contribution in [0.15, 0.2) is 95.6 Å². The Hall–Kier alpha value is -4.14. The van der Waals surface area contributed by atoms with Crippen LogP contribution < -0.4 is 10.2 Å². The van der Waals surface area contributed by atoms with Crippen LogP contribution in [0.25, 0.3) is 6.08 Å². The van der Waals surface area contributed by atoms with Gasteiger partial charge < -0.3 is 20.1 Å². The van der Waals surface area contributed by atoms with Crippen molar-refractivity contribution in [1.82, 2.24) is 0 Å². The summed E-state index contributed by atoms with van der Waals surface area (Å²) < 4.78 is 6.18. The molecule has 3 aliphatic rings. The molecule has 2 heterocycles. The van der Waals surface area contributed by atoms with Crippen molar-refractivity contribution in [1.29, 1.82) is 0 Å². The maximum Gasteiger partial charge on any atom is 0.455 e. The van der Waals surface area contributed by atoms with E-state index in [2.05, 4.69) is 25.2 Å². The van der Waals surface area contributed by atoms with Gasteiger partial charge >= 0.3 is 7.12 Å². The quantitative estimate of drug-likeness (QED) is 0.126. The monoisotopic (exact) mass is 604 g/mol. The standard InChI is InChI=1S/C37H41BN2O5/c1-3-9-24(20-25-10-8-13-30(41)21-25)14-19-33-34-26(4-2)22-31-35(32(34)23-38(44)45-33)37(43)40(36(31)42)29-17-15-28(16-18-29)39-27-11-6-5-7-12-27/h5-8,10-13,15-18,20-21,31-33,35,39,41,44H,3-4,9,14,19,22-23H2,1-2H3/b24-20+/t31-,32+,33-,35-/m1/s1. The number of allylic oxidation sites excluding steroid dienone is 2. The molecule has 2 fully saturated rings. The molecule has 4 atom stereocenters. The Morgan fingerprint density at radius 1 is 0.956 bits per heavy atom. The van der Waals surface area contributed by atoms with Crippen LogP contribution in [0.4, 0.5) is 17.1 Å². The van der Waals surface area contributed by atoms with Gasteiger partial charge in [0.25, 0.3) is 0 Å². The van der Waals surface area contributed by atoms with Gasteiger partial charge in [-0.3, -0.25) is 14.5 Å². The van der Waals surface area contributed by atoms with E-state index in [9.17, 15) is 19.7 Å². The van der Waals surface area contributed by atoms with Gasteiger partial charge in [-0.05, 0) is 104 Å². The molecule has 0 bridgehead atoms. The van der Waals surface area contributed by atoms with E-state index in [0.29, 0.717) is 24.8 Å². The number of rotatable bonds is 10. The summed E-state index contributed by atoms with van der Waals surface area (Å²) in [5.41, 5.74) is 6.89. The molecule has 2 aliphatic heterocycles. The van der Waals surface area contributed by atoms with E-state index >= 15 is 0 Å². The number of para-hydroxylation sites is 1. The van der Waals surface area contributed by atoms with Crippen molar-refractivity contribution < 1.29 is 24.4 Å². The molecule has 8 heteroatoms. The first-order valence-corrected chi connectivity index (χ1v) is 16.2. The summed E-state index contributed by atoms with van der Waals surface area (Å²) in [5.74, 6) is -1.29. The van der Waals surface area contributed by atoms with Gasteiger partial charge in [0.05, 0.1) is 23.6 Å². The number of aromatic hydroxyl groups is 1. The molecule has 1 aliphatic carbocycles. The molecule has 0 spiro atoms. The second-order valence-corrected chi connectivity index (χ2v) is 12.4. The molecule has 0 unspecified atom stereocenters. The zero-order valence-corrected chi connectivity index (χ0v) is 26.0. The number of imide groups is 1. The fourth-order valence-corrected chi connectivity index (χ4v) is 7.50. The van der Waals surface area contributed by atoms with Crippen LogP contribution in [-0.4, -0.2) is 35.2 Å². The molecular formula is C37H41BN2O5. The second-order valence-electron chi connectivity index (χ2n) is 12.4. The summed E-state index contributed by atoms with van der Waals surface area (Å²) in [6.45, 7) is 4.25. The van der Waals surface area contributed by atoms with E-state index in [1.165, 1.54) is 16.0 Å². The van der Waals surface area contributed by atoms with Crippen molar-refractivity contribution in [3.8, 4) is 5.75 Å². The SMILES string of the molecule is CCC/C(=C\c1cccc(O)c1)CC[C@H]1OB(O)C[C@H]2C1=C(CC)C[C@H]1C(=O)N(c3ccc(Nc4ccccc4)cc3)C(=O)[C@H]12. The lowest BCUT2D eigenvalue weighted by atomic mass is 9.58. The Labute approximate surface area is 265 Å². The number of hydrogen-bond acceptors (Lipinski definition) is 6. The van der Waals surface area contributed by atoms with Gasteiger partial charge in [0.1, 0.15) is 5.75 Å².